The van der Waals surface area contributed by atoms with E-state index in [1.807, 2.05) is 0 Å². The SMILES string of the molecule is C#CCCC(=O)OCCC(C)OC(=O)CCC#C. The summed E-state index contributed by atoms with van der Waals surface area (Å²) < 4.78 is 9.98. The maximum atomic E-state index is 11.2. The molecule has 0 saturated carbocycles. The number of esters is 2. The Balaban J connectivity index is 3.62. The van der Waals surface area contributed by atoms with E-state index in [1.165, 1.54) is 0 Å². The third-order valence-electron chi connectivity index (χ3n) is 2.07. The zero-order valence-corrected chi connectivity index (χ0v) is 10.6. The second-order valence-corrected chi connectivity index (χ2v) is 3.72. The van der Waals surface area contributed by atoms with Gasteiger partial charge in [-0.05, 0) is 6.92 Å². The van der Waals surface area contributed by atoms with Crippen molar-refractivity contribution in [3.05, 3.63) is 0 Å². The molecule has 0 radical (unpaired) electrons. The Hall–Kier alpha value is -1.94. The summed E-state index contributed by atoms with van der Waals surface area (Å²) in [4.78, 5) is 22.3. The van der Waals surface area contributed by atoms with Crippen LogP contribution in [0.1, 0.15) is 39.0 Å². The zero-order chi connectivity index (χ0) is 13.8. The van der Waals surface area contributed by atoms with Gasteiger partial charge in [-0.1, -0.05) is 0 Å². The molecule has 0 aromatic carbocycles. The molecule has 0 aliphatic heterocycles. The van der Waals surface area contributed by atoms with Crippen molar-refractivity contribution >= 4 is 11.9 Å². The third kappa shape index (κ3) is 9.30. The van der Waals surface area contributed by atoms with Crippen LogP contribution in [0.5, 0.6) is 0 Å². The van der Waals surface area contributed by atoms with Crippen molar-refractivity contribution in [3.63, 3.8) is 0 Å². The van der Waals surface area contributed by atoms with E-state index in [1.54, 1.807) is 6.92 Å². The molecule has 0 aliphatic carbocycles. The van der Waals surface area contributed by atoms with Crippen molar-refractivity contribution < 1.29 is 19.1 Å². The van der Waals surface area contributed by atoms with Crippen LogP contribution in [0.15, 0.2) is 0 Å². The van der Waals surface area contributed by atoms with Gasteiger partial charge >= 0.3 is 11.9 Å². The molecule has 0 saturated heterocycles. The topological polar surface area (TPSA) is 52.6 Å². The van der Waals surface area contributed by atoms with E-state index in [0.29, 0.717) is 19.3 Å². The molecule has 0 fully saturated rings. The minimum Gasteiger partial charge on any atom is -0.466 e. The van der Waals surface area contributed by atoms with Crippen LogP contribution in [0.25, 0.3) is 0 Å². The largest absolute Gasteiger partial charge is 0.466 e. The van der Waals surface area contributed by atoms with Gasteiger partial charge in [0.2, 0.25) is 0 Å². The monoisotopic (exact) mass is 250 g/mol. The van der Waals surface area contributed by atoms with E-state index in [2.05, 4.69) is 11.8 Å². The summed E-state index contributed by atoms with van der Waals surface area (Å²) >= 11 is 0. The van der Waals surface area contributed by atoms with Crippen LogP contribution in [0.2, 0.25) is 0 Å². The lowest BCUT2D eigenvalue weighted by atomic mass is 10.3. The number of terminal acetylenes is 2. The average molecular weight is 250 g/mol. The van der Waals surface area contributed by atoms with Gasteiger partial charge < -0.3 is 9.47 Å². The molecule has 0 bridgehead atoms. The minimum absolute atomic E-state index is 0.211. The van der Waals surface area contributed by atoms with Crippen LogP contribution >= 0.6 is 0 Å². The number of hydrogen-bond donors (Lipinski definition) is 0. The van der Waals surface area contributed by atoms with Gasteiger partial charge in [-0.15, -0.1) is 24.7 Å². The first-order valence-corrected chi connectivity index (χ1v) is 5.82. The lowest BCUT2D eigenvalue weighted by Crippen LogP contribution is -2.17. The van der Waals surface area contributed by atoms with Gasteiger partial charge in [0.15, 0.2) is 0 Å². The first-order chi connectivity index (χ1) is 8.60. The lowest BCUT2D eigenvalue weighted by molar-refractivity contribution is -0.150. The molecular weight excluding hydrogens is 232 g/mol. The Bertz CT molecular complexity index is 346. The molecule has 0 aromatic heterocycles. The predicted octanol–water partition coefficient (Wildman–Crippen LogP) is 1.68. The maximum Gasteiger partial charge on any atom is 0.307 e. The molecule has 0 spiro atoms. The smallest absolute Gasteiger partial charge is 0.307 e. The van der Waals surface area contributed by atoms with Crippen molar-refractivity contribution in [2.45, 2.75) is 45.1 Å². The van der Waals surface area contributed by atoms with Crippen LogP contribution < -0.4 is 0 Å². The zero-order valence-electron chi connectivity index (χ0n) is 10.6. The van der Waals surface area contributed by atoms with Crippen LogP contribution in [-0.4, -0.2) is 24.6 Å². The molecule has 1 unspecified atom stereocenters. The first-order valence-electron chi connectivity index (χ1n) is 5.82. The molecule has 4 heteroatoms. The Morgan fingerprint density at radius 3 is 2.22 bits per heavy atom. The number of carbonyl (C=O) groups is 2. The highest BCUT2D eigenvalue weighted by Crippen LogP contribution is 2.02. The lowest BCUT2D eigenvalue weighted by Gasteiger charge is -2.12. The summed E-state index contributed by atoms with van der Waals surface area (Å²) in [6, 6.07) is 0. The summed E-state index contributed by atoms with van der Waals surface area (Å²) in [6.45, 7) is 1.95. The van der Waals surface area contributed by atoms with Crippen molar-refractivity contribution in [2.75, 3.05) is 6.61 Å². The van der Waals surface area contributed by atoms with E-state index in [-0.39, 0.29) is 37.5 Å². The summed E-state index contributed by atoms with van der Waals surface area (Å²) in [5.41, 5.74) is 0. The molecule has 18 heavy (non-hydrogen) atoms. The fraction of sp³-hybridized carbons (Fsp3) is 0.571. The van der Waals surface area contributed by atoms with E-state index in [9.17, 15) is 9.59 Å². The number of rotatable bonds is 8. The van der Waals surface area contributed by atoms with Crippen LogP contribution in [-0.2, 0) is 19.1 Å². The normalized spacial score (nSPS) is 10.8. The van der Waals surface area contributed by atoms with Gasteiger partial charge in [0.1, 0.15) is 6.10 Å². The molecule has 98 valence electrons. The van der Waals surface area contributed by atoms with E-state index in [4.69, 9.17) is 22.3 Å². The first kappa shape index (κ1) is 16.1. The summed E-state index contributed by atoms with van der Waals surface area (Å²) in [6.07, 6.45) is 11.4. The van der Waals surface area contributed by atoms with Crippen molar-refractivity contribution in [2.24, 2.45) is 0 Å². The fourth-order valence-electron chi connectivity index (χ4n) is 1.10. The molecule has 0 rings (SSSR count). The van der Waals surface area contributed by atoms with Crippen LogP contribution in [0.4, 0.5) is 0 Å². The van der Waals surface area contributed by atoms with Crippen molar-refractivity contribution in [1.29, 1.82) is 0 Å². The molecular formula is C14H18O4. The average Bonchev–Trinajstić information content (AvgIpc) is 2.33. The number of ether oxygens (including phenoxy) is 2. The standard InChI is InChI=1S/C14H18O4/c1-4-6-8-13(15)17-11-10-12(3)18-14(16)9-7-5-2/h1-2,12H,6-11H2,3H3. The van der Waals surface area contributed by atoms with Gasteiger partial charge in [0.25, 0.3) is 0 Å². The van der Waals surface area contributed by atoms with Gasteiger partial charge in [-0.3, -0.25) is 9.59 Å². The molecule has 4 nitrogen and oxygen atoms in total. The Labute approximate surface area is 108 Å². The highest BCUT2D eigenvalue weighted by atomic mass is 16.6. The minimum atomic E-state index is -0.334. The van der Waals surface area contributed by atoms with Crippen LogP contribution in [0, 0.1) is 24.7 Å². The van der Waals surface area contributed by atoms with E-state index >= 15 is 0 Å². The molecule has 0 N–H and O–H groups in total. The highest BCUT2D eigenvalue weighted by Gasteiger charge is 2.10. The summed E-state index contributed by atoms with van der Waals surface area (Å²) in [5, 5.41) is 0. The Kier molecular flexibility index (Phi) is 9.13. The van der Waals surface area contributed by atoms with Crippen molar-refractivity contribution in [3.8, 4) is 24.7 Å². The van der Waals surface area contributed by atoms with Gasteiger partial charge in [0.05, 0.1) is 19.4 Å². The second kappa shape index (κ2) is 10.2. The third-order valence-corrected chi connectivity index (χ3v) is 2.07. The van der Waals surface area contributed by atoms with Crippen LogP contribution in [0.3, 0.4) is 0 Å². The molecule has 0 amide bonds. The summed E-state index contributed by atoms with van der Waals surface area (Å²) in [7, 11) is 0. The molecule has 1 atom stereocenters. The quantitative estimate of drug-likeness (QED) is 0.486. The Morgan fingerprint density at radius 2 is 1.67 bits per heavy atom. The molecule has 0 aromatic rings. The predicted molar refractivity (Wildman–Crippen MR) is 67.3 cm³/mol. The van der Waals surface area contributed by atoms with E-state index in [0.717, 1.165) is 0 Å². The molecule has 0 heterocycles. The number of carbonyl (C=O) groups excluding carboxylic acids is 2. The van der Waals surface area contributed by atoms with Crippen molar-refractivity contribution in [1.82, 2.24) is 0 Å². The highest BCUT2D eigenvalue weighted by molar-refractivity contribution is 5.70. The molecule has 0 aliphatic rings. The van der Waals surface area contributed by atoms with E-state index < -0.39 is 0 Å². The maximum absolute atomic E-state index is 11.2. The fourth-order valence-corrected chi connectivity index (χ4v) is 1.10. The summed E-state index contributed by atoms with van der Waals surface area (Å²) in [5.74, 6) is 4.05. The second-order valence-electron chi connectivity index (χ2n) is 3.72. The van der Waals surface area contributed by atoms with Gasteiger partial charge in [0, 0.05) is 19.3 Å². The number of hydrogen-bond acceptors (Lipinski definition) is 4. The van der Waals surface area contributed by atoms with Gasteiger partial charge in [-0.2, -0.15) is 0 Å². The Morgan fingerprint density at radius 1 is 1.11 bits per heavy atom. The van der Waals surface area contributed by atoms with Gasteiger partial charge in [-0.25, -0.2) is 0 Å².